The van der Waals surface area contributed by atoms with Crippen molar-refractivity contribution < 1.29 is 4.79 Å². The minimum Gasteiger partial charge on any atom is -0.327 e. The van der Waals surface area contributed by atoms with Crippen LogP contribution < -0.4 is 15.5 Å². The molecule has 2 aromatic carbocycles. The van der Waals surface area contributed by atoms with E-state index in [0.717, 1.165) is 23.7 Å². The van der Waals surface area contributed by atoms with Crippen molar-refractivity contribution in [3.63, 3.8) is 0 Å². The van der Waals surface area contributed by atoms with Gasteiger partial charge in [-0.3, -0.25) is 0 Å². The van der Waals surface area contributed by atoms with E-state index in [1.807, 2.05) is 72.8 Å². The predicted molar refractivity (Wildman–Crippen MR) is 102 cm³/mol. The quantitative estimate of drug-likeness (QED) is 0.700. The van der Waals surface area contributed by atoms with E-state index in [-0.39, 0.29) is 6.03 Å². The first kappa shape index (κ1) is 16.5. The highest BCUT2D eigenvalue weighted by Gasteiger charge is 2.09. The molecule has 0 aliphatic rings. The second kappa shape index (κ2) is 7.97. The molecule has 0 saturated heterocycles. The first-order valence-corrected chi connectivity index (χ1v) is 8.18. The molecule has 0 bridgehead atoms. The Bertz CT molecular complexity index is 804. The van der Waals surface area contributed by atoms with Crippen LogP contribution in [0.3, 0.4) is 0 Å². The molecule has 2 N–H and O–H groups in total. The van der Waals surface area contributed by atoms with Crippen LogP contribution in [0, 0.1) is 0 Å². The maximum atomic E-state index is 12.0. The van der Waals surface area contributed by atoms with Crippen LogP contribution in [0.15, 0.2) is 79.0 Å². The van der Waals surface area contributed by atoms with Gasteiger partial charge in [0, 0.05) is 17.9 Å². The zero-order valence-corrected chi connectivity index (χ0v) is 14.0. The average Bonchev–Trinajstić information content (AvgIpc) is 2.65. The summed E-state index contributed by atoms with van der Waals surface area (Å²) in [4.78, 5) is 18.6. The van der Waals surface area contributed by atoms with Crippen LogP contribution in [0.4, 0.5) is 27.7 Å². The van der Waals surface area contributed by atoms with E-state index in [9.17, 15) is 4.79 Å². The number of carbonyl (C=O) groups is 1. The molecule has 1 aromatic heterocycles. The molecule has 5 nitrogen and oxygen atoms in total. The number of rotatable bonds is 5. The number of nitrogens with zero attached hydrogens (tertiary/aromatic N) is 2. The van der Waals surface area contributed by atoms with Crippen LogP contribution in [0.2, 0.25) is 0 Å². The standard InChI is InChI=1S/C20H20N4O/c1-2-24(18-11-7-4-8-12-18)19-14-13-17(15-21-19)23-20(25)22-16-9-5-3-6-10-16/h3-15H,2H2,1H3,(H2,22,23,25). The van der Waals surface area contributed by atoms with Crippen molar-refractivity contribution in [2.45, 2.75) is 6.92 Å². The first-order valence-electron chi connectivity index (χ1n) is 8.18. The summed E-state index contributed by atoms with van der Waals surface area (Å²) in [6.45, 7) is 2.88. The molecule has 3 rings (SSSR count). The van der Waals surface area contributed by atoms with Crippen molar-refractivity contribution in [1.82, 2.24) is 4.98 Å². The van der Waals surface area contributed by atoms with E-state index in [2.05, 4.69) is 27.4 Å². The zero-order chi connectivity index (χ0) is 17.5. The maximum Gasteiger partial charge on any atom is 0.323 e. The van der Waals surface area contributed by atoms with Gasteiger partial charge in [-0.05, 0) is 43.3 Å². The maximum absolute atomic E-state index is 12.0. The number of amides is 2. The van der Waals surface area contributed by atoms with Crippen LogP contribution in [0.5, 0.6) is 0 Å². The summed E-state index contributed by atoms with van der Waals surface area (Å²) in [5.41, 5.74) is 2.46. The molecule has 25 heavy (non-hydrogen) atoms. The number of pyridine rings is 1. The highest BCUT2D eigenvalue weighted by Crippen LogP contribution is 2.23. The highest BCUT2D eigenvalue weighted by atomic mass is 16.2. The summed E-state index contributed by atoms with van der Waals surface area (Å²) in [6, 6.07) is 22.8. The zero-order valence-electron chi connectivity index (χ0n) is 14.0. The Kier molecular flexibility index (Phi) is 5.26. The van der Waals surface area contributed by atoms with Gasteiger partial charge in [-0.2, -0.15) is 0 Å². The van der Waals surface area contributed by atoms with Gasteiger partial charge in [0.1, 0.15) is 5.82 Å². The number of aromatic nitrogens is 1. The van der Waals surface area contributed by atoms with Crippen LogP contribution >= 0.6 is 0 Å². The molecule has 0 aliphatic heterocycles. The van der Waals surface area contributed by atoms with Gasteiger partial charge in [-0.1, -0.05) is 36.4 Å². The van der Waals surface area contributed by atoms with Crippen LogP contribution in [-0.4, -0.2) is 17.6 Å². The van der Waals surface area contributed by atoms with E-state index in [1.165, 1.54) is 0 Å². The summed E-state index contributed by atoms with van der Waals surface area (Å²) in [6.07, 6.45) is 1.66. The molecule has 3 aromatic rings. The van der Waals surface area contributed by atoms with E-state index < -0.39 is 0 Å². The van der Waals surface area contributed by atoms with Crippen molar-refractivity contribution in [1.29, 1.82) is 0 Å². The number of hydrogen-bond acceptors (Lipinski definition) is 3. The van der Waals surface area contributed by atoms with Crippen LogP contribution in [0.1, 0.15) is 6.92 Å². The van der Waals surface area contributed by atoms with Crippen molar-refractivity contribution in [2.24, 2.45) is 0 Å². The molecule has 0 saturated carbocycles. The lowest BCUT2D eigenvalue weighted by Gasteiger charge is -2.22. The second-order valence-electron chi connectivity index (χ2n) is 5.43. The third-order valence-corrected chi connectivity index (χ3v) is 3.70. The smallest absolute Gasteiger partial charge is 0.323 e. The number of urea groups is 1. The second-order valence-corrected chi connectivity index (χ2v) is 5.43. The molecule has 0 radical (unpaired) electrons. The average molecular weight is 332 g/mol. The molecule has 1 heterocycles. The Hall–Kier alpha value is -3.34. The Morgan fingerprint density at radius 1 is 0.880 bits per heavy atom. The van der Waals surface area contributed by atoms with E-state index in [0.29, 0.717) is 5.69 Å². The summed E-state index contributed by atoms with van der Waals surface area (Å²) < 4.78 is 0. The van der Waals surface area contributed by atoms with Gasteiger partial charge in [-0.25, -0.2) is 9.78 Å². The summed E-state index contributed by atoms with van der Waals surface area (Å²) in [5.74, 6) is 0.836. The van der Waals surface area contributed by atoms with Gasteiger partial charge in [0.25, 0.3) is 0 Å². The molecule has 0 aliphatic carbocycles. The third kappa shape index (κ3) is 4.35. The molecule has 2 amide bonds. The van der Waals surface area contributed by atoms with E-state index in [1.54, 1.807) is 6.20 Å². The van der Waals surface area contributed by atoms with Gasteiger partial charge in [0.2, 0.25) is 0 Å². The van der Waals surface area contributed by atoms with E-state index >= 15 is 0 Å². The normalized spacial score (nSPS) is 10.1. The van der Waals surface area contributed by atoms with Gasteiger partial charge in [0.05, 0.1) is 11.9 Å². The minimum atomic E-state index is -0.295. The molecule has 126 valence electrons. The molecular formula is C20H20N4O. The lowest BCUT2D eigenvalue weighted by molar-refractivity contribution is 0.262. The highest BCUT2D eigenvalue weighted by molar-refractivity contribution is 5.99. The number of benzene rings is 2. The van der Waals surface area contributed by atoms with Crippen molar-refractivity contribution in [3.05, 3.63) is 79.0 Å². The molecule has 0 unspecified atom stereocenters. The lowest BCUT2D eigenvalue weighted by atomic mass is 10.2. The minimum absolute atomic E-state index is 0.295. The number of nitrogens with one attached hydrogen (secondary N) is 2. The SMILES string of the molecule is CCN(c1ccccc1)c1ccc(NC(=O)Nc2ccccc2)cn1. The number of carbonyl (C=O) groups excluding carboxylic acids is 1. The van der Waals surface area contributed by atoms with Gasteiger partial charge in [0.15, 0.2) is 0 Å². The molecule has 0 spiro atoms. The van der Waals surface area contributed by atoms with Gasteiger partial charge >= 0.3 is 6.03 Å². The third-order valence-electron chi connectivity index (χ3n) is 3.70. The van der Waals surface area contributed by atoms with Gasteiger partial charge < -0.3 is 15.5 Å². The lowest BCUT2D eigenvalue weighted by Crippen LogP contribution is -2.20. The summed E-state index contributed by atoms with van der Waals surface area (Å²) in [5, 5.41) is 5.56. The first-order chi connectivity index (χ1) is 12.3. The molecule has 0 fully saturated rings. The Balaban J connectivity index is 1.66. The fourth-order valence-corrected chi connectivity index (χ4v) is 2.52. The molecule has 0 atom stereocenters. The van der Waals surface area contributed by atoms with Gasteiger partial charge in [-0.15, -0.1) is 0 Å². The monoisotopic (exact) mass is 332 g/mol. The predicted octanol–water partition coefficient (Wildman–Crippen LogP) is 4.88. The molecular weight excluding hydrogens is 312 g/mol. The fraction of sp³-hybridized carbons (Fsp3) is 0.100. The summed E-state index contributed by atoms with van der Waals surface area (Å²) >= 11 is 0. The number of hydrogen-bond donors (Lipinski definition) is 2. The largest absolute Gasteiger partial charge is 0.327 e. The molecule has 5 heteroatoms. The Morgan fingerprint density at radius 3 is 2.12 bits per heavy atom. The topological polar surface area (TPSA) is 57.3 Å². The van der Waals surface area contributed by atoms with Crippen LogP contribution in [-0.2, 0) is 0 Å². The number of para-hydroxylation sites is 2. The van der Waals surface area contributed by atoms with E-state index in [4.69, 9.17) is 0 Å². The van der Waals surface area contributed by atoms with Crippen molar-refractivity contribution >= 4 is 28.9 Å². The summed E-state index contributed by atoms with van der Waals surface area (Å²) in [7, 11) is 0. The Morgan fingerprint density at radius 2 is 1.52 bits per heavy atom. The van der Waals surface area contributed by atoms with Crippen molar-refractivity contribution in [2.75, 3.05) is 22.1 Å². The number of anilines is 4. The fourth-order valence-electron chi connectivity index (χ4n) is 2.52. The van der Waals surface area contributed by atoms with Crippen molar-refractivity contribution in [3.8, 4) is 0 Å². The van der Waals surface area contributed by atoms with Crippen LogP contribution in [0.25, 0.3) is 0 Å². The Labute approximate surface area is 147 Å².